The Hall–Kier alpha value is -3.15. The maximum Gasteiger partial charge on any atom is 0.316 e. The Labute approximate surface area is 152 Å². The third kappa shape index (κ3) is 3.91. The molecule has 0 bridgehead atoms. The highest BCUT2D eigenvalue weighted by molar-refractivity contribution is 6.41. The molecule has 1 N–H and O–H groups in total. The van der Waals surface area contributed by atoms with Crippen LogP contribution in [0.5, 0.6) is 0 Å². The summed E-state index contributed by atoms with van der Waals surface area (Å²) in [6.07, 6.45) is 0. The van der Waals surface area contributed by atoms with E-state index in [1.165, 1.54) is 9.80 Å². The first-order valence-corrected chi connectivity index (χ1v) is 8.48. The standard InChI is InChI=1S/C20H21N3O3/c1-14-10-15(2)12-17(11-14)23-9-8-22(19(25)20(23)26)13-18(24)21-16-6-4-3-5-7-16/h3-7,10-12H,8-9,13H2,1-2H3,(H,21,24). The molecule has 134 valence electrons. The third-order valence-electron chi connectivity index (χ3n) is 4.22. The van der Waals surface area contributed by atoms with Gasteiger partial charge in [-0.2, -0.15) is 0 Å². The fourth-order valence-corrected chi connectivity index (χ4v) is 3.07. The van der Waals surface area contributed by atoms with Gasteiger partial charge in [-0.25, -0.2) is 0 Å². The van der Waals surface area contributed by atoms with Crippen LogP contribution in [0.3, 0.4) is 0 Å². The monoisotopic (exact) mass is 351 g/mol. The van der Waals surface area contributed by atoms with Crippen molar-refractivity contribution in [2.45, 2.75) is 13.8 Å². The number of hydrogen-bond acceptors (Lipinski definition) is 3. The average Bonchev–Trinajstić information content (AvgIpc) is 2.59. The van der Waals surface area contributed by atoms with Crippen molar-refractivity contribution in [3.8, 4) is 0 Å². The summed E-state index contributed by atoms with van der Waals surface area (Å²) < 4.78 is 0. The van der Waals surface area contributed by atoms with Gasteiger partial charge in [-0.15, -0.1) is 0 Å². The largest absolute Gasteiger partial charge is 0.325 e. The summed E-state index contributed by atoms with van der Waals surface area (Å²) in [5.74, 6) is -1.58. The lowest BCUT2D eigenvalue weighted by Crippen LogP contribution is -2.56. The van der Waals surface area contributed by atoms with Gasteiger partial charge >= 0.3 is 11.8 Å². The minimum absolute atomic E-state index is 0.139. The van der Waals surface area contributed by atoms with Crippen LogP contribution in [0.2, 0.25) is 0 Å². The molecule has 3 rings (SSSR count). The van der Waals surface area contributed by atoms with Crippen LogP contribution in [-0.4, -0.2) is 42.3 Å². The number of para-hydroxylation sites is 1. The van der Waals surface area contributed by atoms with Gasteiger partial charge in [0.25, 0.3) is 0 Å². The minimum atomic E-state index is -0.654. The lowest BCUT2D eigenvalue weighted by Gasteiger charge is -2.33. The first-order chi connectivity index (χ1) is 12.4. The number of carbonyl (C=O) groups is 3. The first kappa shape index (κ1) is 17.7. The number of anilines is 2. The Balaban J connectivity index is 1.66. The van der Waals surface area contributed by atoms with E-state index in [2.05, 4.69) is 5.32 Å². The van der Waals surface area contributed by atoms with Gasteiger partial charge in [-0.1, -0.05) is 24.3 Å². The van der Waals surface area contributed by atoms with Crippen molar-refractivity contribution in [1.82, 2.24) is 4.90 Å². The molecule has 0 aromatic heterocycles. The minimum Gasteiger partial charge on any atom is -0.325 e. The van der Waals surface area contributed by atoms with Crippen molar-refractivity contribution < 1.29 is 14.4 Å². The fraction of sp³-hybridized carbons (Fsp3) is 0.250. The lowest BCUT2D eigenvalue weighted by molar-refractivity contribution is -0.147. The van der Waals surface area contributed by atoms with Crippen molar-refractivity contribution in [1.29, 1.82) is 0 Å². The molecule has 1 heterocycles. The number of piperazine rings is 1. The maximum atomic E-state index is 12.5. The van der Waals surface area contributed by atoms with Crippen LogP contribution >= 0.6 is 0 Å². The van der Waals surface area contributed by atoms with E-state index < -0.39 is 11.8 Å². The summed E-state index contributed by atoms with van der Waals surface area (Å²) in [5, 5.41) is 2.72. The molecule has 2 aromatic carbocycles. The summed E-state index contributed by atoms with van der Waals surface area (Å²) >= 11 is 0. The molecule has 0 spiro atoms. The fourth-order valence-electron chi connectivity index (χ4n) is 3.07. The smallest absolute Gasteiger partial charge is 0.316 e. The average molecular weight is 351 g/mol. The molecule has 0 atom stereocenters. The number of nitrogens with one attached hydrogen (secondary N) is 1. The normalized spacial score (nSPS) is 14.5. The van der Waals surface area contributed by atoms with Gasteiger partial charge in [-0.3, -0.25) is 14.4 Å². The van der Waals surface area contributed by atoms with Gasteiger partial charge in [0.15, 0.2) is 0 Å². The van der Waals surface area contributed by atoms with E-state index in [4.69, 9.17) is 0 Å². The second-order valence-electron chi connectivity index (χ2n) is 6.44. The lowest BCUT2D eigenvalue weighted by atomic mass is 10.1. The predicted octanol–water partition coefficient (Wildman–Crippen LogP) is 2.12. The highest BCUT2D eigenvalue weighted by Crippen LogP contribution is 2.21. The molecular weight excluding hydrogens is 330 g/mol. The number of nitrogens with zero attached hydrogens (tertiary/aromatic N) is 2. The second-order valence-corrected chi connectivity index (χ2v) is 6.44. The van der Waals surface area contributed by atoms with E-state index in [0.717, 1.165) is 11.1 Å². The van der Waals surface area contributed by atoms with Crippen molar-refractivity contribution >= 4 is 29.1 Å². The zero-order chi connectivity index (χ0) is 18.7. The zero-order valence-corrected chi connectivity index (χ0v) is 14.9. The molecule has 0 aliphatic carbocycles. The first-order valence-electron chi connectivity index (χ1n) is 8.48. The van der Waals surface area contributed by atoms with E-state index in [-0.39, 0.29) is 12.5 Å². The Morgan fingerprint density at radius 3 is 2.27 bits per heavy atom. The molecule has 6 heteroatoms. The molecule has 1 fully saturated rings. The number of aryl methyl sites for hydroxylation is 2. The van der Waals surface area contributed by atoms with Gasteiger partial charge < -0.3 is 15.1 Å². The second kappa shape index (κ2) is 7.39. The summed E-state index contributed by atoms with van der Waals surface area (Å²) in [6, 6.07) is 14.8. The van der Waals surface area contributed by atoms with Crippen LogP contribution in [0.25, 0.3) is 0 Å². The molecule has 1 aliphatic rings. The Morgan fingerprint density at radius 2 is 1.62 bits per heavy atom. The van der Waals surface area contributed by atoms with Gasteiger partial charge in [0.1, 0.15) is 6.54 Å². The van der Waals surface area contributed by atoms with Crippen molar-refractivity contribution in [3.05, 3.63) is 59.7 Å². The molecule has 3 amide bonds. The third-order valence-corrected chi connectivity index (χ3v) is 4.22. The summed E-state index contributed by atoms with van der Waals surface area (Å²) in [4.78, 5) is 39.8. The van der Waals surface area contributed by atoms with E-state index in [1.807, 2.05) is 50.2 Å². The molecule has 1 aliphatic heterocycles. The van der Waals surface area contributed by atoms with Crippen molar-refractivity contribution in [2.24, 2.45) is 0 Å². The highest BCUT2D eigenvalue weighted by atomic mass is 16.2. The molecule has 2 aromatic rings. The molecule has 0 radical (unpaired) electrons. The van der Waals surface area contributed by atoms with Gasteiger partial charge in [-0.05, 0) is 49.2 Å². The van der Waals surface area contributed by atoms with Crippen molar-refractivity contribution in [2.75, 3.05) is 29.9 Å². The zero-order valence-electron chi connectivity index (χ0n) is 14.9. The maximum absolute atomic E-state index is 12.5. The van der Waals surface area contributed by atoms with E-state index in [1.54, 1.807) is 12.1 Å². The molecule has 6 nitrogen and oxygen atoms in total. The van der Waals surface area contributed by atoms with Crippen molar-refractivity contribution in [3.63, 3.8) is 0 Å². The number of rotatable bonds is 4. The van der Waals surface area contributed by atoms with Gasteiger partial charge in [0.05, 0.1) is 0 Å². The van der Waals surface area contributed by atoms with Crippen LogP contribution in [0.4, 0.5) is 11.4 Å². The topological polar surface area (TPSA) is 69.7 Å². The van der Waals surface area contributed by atoms with E-state index in [0.29, 0.717) is 24.5 Å². The number of amides is 3. The number of carbonyl (C=O) groups excluding carboxylic acids is 3. The van der Waals surface area contributed by atoms with E-state index in [9.17, 15) is 14.4 Å². The number of benzene rings is 2. The summed E-state index contributed by atoms with van der Waals surface area (Å²) in [7, 11) is 0. The van der Waals surface area contributed by atoms with Gasteiger partial charge in [0, 0.05) is 24.5 Å². The molecule has 0 saturated carbocycles. The quantitative estimate of drug-likeness (QED) is 0.858. The van der Waals surface area contributed by atoms with Crippen LogP contribution < -0.4 is 10.2 Å². The Kier molecular flexibility index (Phi) is 5.02. The Morgan fingerprint density at radius 1 is 0.962 bits per heavy atom. The van der Waals surface area contributed by atoms with Crippen LogP contribution in [0, 0.1) is 13.8 Å². The van der Waals surface area contributed by atoms with Gasteiger partial charge in [0.2, 0.25) is 5.91 Å². The van der Waals surface area contributed by atoms with Crippen LogP contribution in [-0.2, 0) is 14.4 Å². The number of hydrogen-bond donors (Lipinski definition) is 1. The molecule has 26 heavy (non-hydrogen) atoms. The van der Waals surface area contributed by atoms with Crippen LogP contribution in [0.15, 0.2) is 48.5 Å². The SMILES string of the molecule is Cc1cc(C)cc(N2CCN(CC(=O)Nc3ccccc3)C(=O)C2=O)c1. The highest BCUT2D eigenvalue weighted by Gasteiger charge is 2.34. The van der Waals surface area contributed by atoms with E-state index >= 15 is 0 Å². The predicted molar refractivity (Wildman–Crippen MR) is 99.9 cm³/mol. The molecule has 1 saturated heterocycles. The molecular formula is C20H21N3O3. The summed E-state index contributed by atoms with van der Waals surface area (Å²) in [6.45, 7) is 4.45. The Bertz CT molecular complexity index is 828. The van der Waals surface area contributed by atoms with Crippen LogP contribution in [0.1, 0.15) is 11.1 Å². The summed E-state index contributed by atoms with van der Waals surface area (Å²) in [5.41, 5.74) is 3.44. The molecule has 0 unspecified atom stereocenters.